The van der Waals surface area contributed by atoms with E-state index in [9.17, 15) is 0 Å². The number of aromatic nitrogens is 3. The minimum Gasteiger partial charge on any atom is -0.456 e. The SMILES string of the molecule is c1ccc(-c2nc(-c3cccc4c3oc3cc(-c5ccc6oc7ccccc7c6c5)ccc34)nc(-c3cccc4oc5ccccc5c34)n2)cc1. The first-order valence-electron chi connectivity index (χ1n) is 16.8. The molecule has 0 saturated heterocycles. The molecular formula is C45H25N3O3. The molecule has 0 N–H and O–H groups in total. The van der Waals surface area contributed by atoms with Gasteiger partial charge in [0.25, 0.3) is 0 Å². The molecule has 6 nitrogen and oxygen atoms in total. The monoisotopic (exact) mass is 655 g/mol. The number of para-hydroxylation sites is 3. The van der Waals surface area contributed by atoms with Crippen molar-refractivity contribution in [3.05, 3.63) is 152 Å². The van der Waals surface area contributed by atoms with Crippen molar-refractivity contribution < 1.29 is 13.3 Å². The van der Waals surface area contributed by atoms with Crippen LogP contribution in [-0.2, 0) is 0 Å². The largest absolute Gasteiger partial charge is 0.456 e. The second-order valence-corrected chi connectivity index (χ2v) is 12.8. The minimum absolute atomic E-state index is 0.533. The fourth-order valence-electron chi connectivity index (χ4n) is 7.35. The van der Waals surface area contributed by atoms with Gasteiger partial charge in [0.2, 0.25) is 0 Å². The van der Waals surface area contributed by atoms with Crippen molar-refractivity contribution >= 4 is 65.8 Å². The smallest absolute Gasteiger partial charge is 0.167 e. The van der Waals surface area contributed by atoms with Gasteiger partial charge in [-0.3, -0.25) is 0 Å². The van der Waals surface area contributed by atoms with Gasteiger partial charge in [0, 0.05) is 43.4 Å². The molecule has 0 spiro atoms. The third kappa shape index (κ3) is 4.33. The van der Waals surface area contributed by atoms with E-state index in [4.69, 9.17) is 28.2 Å². The van der Waals surface area contributed by atoms with Crippen LogP contribution in [0.3, 0.4) is 0 Å². The van der Waals surface area contributed by atoms with Crippen molar-refractivity contribution in [2.24, 2.45) is 0 Å². The Morgan fingerprint density at radius 3 is 1.78 bits per heavy atom. The molecule has 11 rings (SSSR count). The van der Waals surface area contributed by atoms with Crippen LogP contribution in [0.1, 0.15) is 0 Å². The molecule has 238 valence electrons. The maximum Gasteiger partial charge on any atom is 0.167 e. The summed E-state index contributed by atoms with van der Waals surface area (Å²) in [6.07, 6.45) is 0. The van der Waals surface area contributed by atoms with Gasteiger partial charge < -0.3 is 13.3 Å². The maximum atomic E-state index is 6.72. The van der Waals surface area contributed by atoms with E-state index in [2.05, 4.69) is 48.5 Å². The molecule has 0 amide bonds. The number of benzene rings is 7. The van der Waals surface area contributed by atoms with E-state index in [0.29, 0.717) is 17.5 Å². The second-order valence-electron chi connectivity index (χ2n) is 12.8. The van der Waals surface area contributed by atoms with Gasteiger partial charge in [0.05, 0.1) is 5.56 Å². The van der Waals surface area contributed by atoms with Gasteiger partial charge in [-0.05, 0) is 59.7 Å². The quantitative estimate of drug-likeness (QED) is 0.188. The first-order chi connectivity index (χ1) is 25.2. The topological polar surface area (TPSA) is 78.1 Å². The van der Waals surface area contributed by atoms with Gasteiger partial charge in [-0.1, -0.05) is 103 Å². The Bertz CT molecular complexity index is 3150. The highest BCUT2D eigenvalue weighted by Gasteiger charge is 2.20. The first-order valence-corrected chi connectivity index (χ1v) is 16.8. The number of furan rings is 3. The Balaban J connectivity index is 1.10. The standard InChI is InChI=1S/C45H25N3O3/c1-2-10-26(11-3-1)43-46-44(33-15-9-19-39-41(33)32-13-5-7-18-37(32)50-39)48-45(47-43)34-16-8-14-31-30-22-20-28(25-40(30)51-42(31)34)27-21-23-38-35(24-27)29-12-4-6-17-36(29)49-38/h1-25H. The van der Waals surface area contributed by atoms with Crippen molar-refractivity contribution in [3.8, 4) is 45.3 Å². The Morgan fingerprint density at radius 1 is 0.314 bits per heavy atom. The summed E-state index contributed by atoms with van der Waals surface area (Å²) in [4.78, 5) is 15.2. The third-order valence-corrected chi connectivity index (χ3v) is 9.76. The van der Waals surface area contributed by atoms with Gasteiger partial charge >= 0.3 is 0 Å². The highest BCUT2D eigenvalue weighted by atomic mass is 16.3. The number of rotatable bonds is 4. The fourth-order valence-corrected chi connectivity index (χ4v) is 7.35. The normalized spacial score (nSPS) is 11.9. The molecule has 51 heavy (non-hydrogen) atoms. The molecule has 0 fully saturated rings. The van der Waals surface area contributed by atoms with Crippen LogP contribution in [0.4, 0.5) is 0 Å². The summed E-state index contributed by atoms with van der Waals surface area (Å²) < 4.78 is 19.0. The zero-order valence-electron chi connectivity index (χ0n) is 27.0. The minimum atomic E-state index is 0.533. The molecule has 4 aromatic heterocycles. The lowest BCUT2D eigenvalue weighted by atomic mass is 10.0. The summed E-state index contributed by atoms with van der Waals surface area (Å²) in [5, 5.41) is 6.21. The highest BCUT2D eigenvalue weighted by molar-refractivity contribution is 6.13. The van der Waals surface area contributed by atoms with Crippen LogP contribution in [0.2, 0.25) is 0 Å². The second kappa shape index (κ2) is 10.7. The summed E-state index contributed by atoms with van der Waals surface area (Å²) in [7, 11) is 0. The number of nitrogens with zero attached hydrogens (tertiary/aromatic N) is 3. The third-order valence-electron chi connectivity index (χ3n) is 9.76. The van der Waals surface area contributed by atoms with E-state index in [-0.39, 0.29) is 0 Å². The van der Waals surface area contributed by atoms with E-state index in [0.717, 1.165) is 93.6 Å². The van der Waals surface area contributed by atoms with Crippen molar-refractivity contribution in [1.29, 1.82) is 0 Å². The summed E-state index contributed by atoms with van der Waals surface area (Å²) in [6.45, 7) is 0. The molecule has 4 heterocycles. The van der Waals surface area contributed by atoms with Crippen LogP contribution in [-0.4, -0.2) is 15.0 Å². The molecule has 0 unspecified atom stereocenters. The van der Waals surface area contributed by atoms with Crippen molar-refractivity contribution in [2.75, 3.05) is 0 Å². The average molecular weight is 656 g/mol. The molecule has 0 aliphatic heterocycles. The van der Waals surface area contributed by atoms with Gasteiger partial charge in [0.15, 0.2) is 17.5 Å². The Labute approximate surface area is 290 Å². The van der Waals surface area contributed by atoms with E-state index in [1.807, 2.05) is 103 Å². The molecule has 6 heteroatoms. The zero-order chi connectivity index (χ0) is 33.5. The van der Waals surface area contributed by atoms with Crippen LogP contribution in [0, 0.1) is 0 Å². The van der Waals surface area contributed by atoms with Gasteiger partial charge in [-0.25, -0.2) is 15.0 Å². The number of hydrogen-bond donors (Lipinski definition) is 0. The maximum absolute atomic E-state index is 6.72. The van der Waals surface area contributed by atoms with E-state index < -0.39 is 0 Å². The lowest BCUT2D eigenvalue weighted by Crippen LogP contribution is -2.00. The fraction of sp³-hybridized carbons (Fsp3) is 0. The van der Waals surface area contributed by atoms with Crippen molar-refractivity contribution in [1.82, 2.24) is 15.0 Å². The predicted molar refractivity (Wildman–Crippen MR) is 203 cm³/mol. The van der Waals surface area contributed by atoms with E-state index in [1.165, 1.54) is 0 Å². The first kappa shape index (κ1) is 27.9. The number of hydrogen-bond acceptors (Lipinski definition) is 6. The van der Waals surface area contributed by atoms with Crippen LogP contribution < -0.4 is 0 Å². The lowest BCUT2D eigenvalue weighted by Gasteiger charge is -2.09. The Morgan fingerprint density at radius 2 is 0.902 bits per heavy atom. The summed E-state index contributed by atoms with van der Waals surface area (Å²) in [5.41, 5.74) is 9.60. The molecular weight excluding hydrogens is 631 g/mol. The molecule has 11 aromatic rings. The molecule has 0 aliphatic carbocycles. The van der Waals surface area contributed by atoms with Crippen molar-refractivity contribution in [3.63, 3.8) is 0 Å². The Kier molecular flexibility index (Phi) is 5.86. The van der Waals surface area contributed by atoms with Crippen molar-refractivity contribution in [2.45, 2.75) is 0 Å². The summed E-state index contributed by atoms with van der Waals surface area (Å²) in [5.74, 6) is 1.68. The molecule has 0 aliphatic rings. The van der Waals surface area contributed by atoms with Gasteiger partial charge in [0.1, 0.15) is 33.5 Å². The van der Waals surface area contributed by atoms with Gasteiger partial charge in [-0.15, -0.1) is 0 Å². The van der Waals surface area contributed by atoms with E-state index in [1.54, 1.807) is 0 Å². The Hall–Kier alpha value is -7.05. The van der Waals surface area contributed by atoms with Crippen LogP contribution in [0.25, 0.3) is 111 Å². The zero-order valence-corrected chi connectivity index (χ0v) is 27.0. The van der Waals surface area contributed by atoms with E-state index >= 15 is 0 Å². The summed E-state index contributed by atoms with van der Waals surface area (Å²) in [6, 6.07) is 51.1. The van der Waals surface area contributed by atoms with Crippen LogP contribution in [0.5, 0.6) is 0 Å². The van der Waals surface area contributed by atoms with Gasteiger partial charge in [-0.2, -0.15) is 0 Å². The average Bonchev–Trinajstić information content (AvgIpc) is 3.88. The molecule has 7 aromatic carbocycles. The summed E-state index contributed by atoms with van der Waals surface area (Å²) >= 11 is 0. The van der Waals surface area contributed by atoms with Crippen LogP contribution >= 0.6 is 0 Å². The number of fused-ring (bicyclic) bond motifs is 9. The predicted octanol–water partition coefficient (Wildman–Crippen LogP) is 12.2. The highest BCUT2D eigenvalue weighted by Crippen LogP contribution is 2.40. The van der Waals surface area contributed by atoms with Crippen LogP contribution in [0.15, 0.2) is 165 Å². The molecule has 0 atom stereocenters. The molecule has 0 radical (unpaired) electrons. The molecule has 0 bridgehead atoms. The lowest BCUT2D eigenvalue weighted by molar-refractivity contribution is 0.668. The molecule has 0 saturated carbocycles.